The van der Waals surface area contributed by atoms with Crippen molar-refractivity contribution in [1.82, 2.24) is 4.90 Å². The number of aliphatic hydroxyl groups is 1. The largest absolute Gasteiger partial charge is 0.391 e. The van der Waals surface area contributed by atoms with Crippen LogP contribution in [0.3, 0.4) is 0 Å². The average Bonchev–Trinajstić information content (AvgIpc) is 2.24. The third-order valence-corrected chi connectivity index (χ3v) is 2.56. The molecule has 0 aromatic heterocycles. The predicted molar refractivity (Wildman–Crippen MR) is 57.5 cm³/mol. The summed E-state index contributed by atoms with van der Waals surface area (Å²) >= 11 is 0. The Hall–Kier alpha value is -0.610. The Labute approximate surface area is 91.2 Å². The van der Waals surface area contributed by atoms with Gasteiger partial charge in [0.2, 0.25) is 5.91 Å². The fourth-order valence-corrected chi connectivity index (χ4v) is 1.75. The molecule has 0 unspecified atom stereocenters. The van der Waals surface area contributed by atoms with Crippen LogP contribution in [-0.4, -0.2) is 48.3 Å². The Bertz CT molecular complexity index is 196. The lowest BCUT2D eigenvalue weighted by Crippen LogP contribution is -2.42. The Kier molecular flexibility index (Phi) is 5.65. The Morgan fingerprint density at radius 2 is 2.33 bits per heavy atom. The number of piperidine rings is 1. The van der Waals surface area contributed by atoms with Crippen molar-refractivity contribution >= 4 is 5.91 Å². The smallest absolute Gasteiger partial charge is 0.224 e. The molecule has 1 amide bonds. The van der Waals surface area contributed by atoms with Crippen LogP contribution in [0.5, 0.6) is 0 Å². The maximum Gasteiger partial charge on any atom is 0.224 e. The molecule has 1 rings (SSSR count). The minimum absolute atomic E-state index is 0.102. The third kappa shape index (κ3) is 4.62. The topological polar surface area (TPSA) is 49.8 Å². The van der Waals surface area contributed by atoms with E-state index in [1.54, 1.807) is 4.90 Å². The molecular formula is C11H21NO3. The van der Waals surface area contributed by atoms with Gasteiger partial charge in [-0.1, -0.05) is 6.92 Å². The number of ether oxygens (including phenoxy) is 1. The number of β-amino-alcohol motifs (C(OH)–C–C–N with tert-alkyl or cyclic N) is 1. The summed E-state index contributed by atoms with van der Waals surface area (Å²) in [7, 11) is 0. The van der Waals surface area contributed by atoms with Gasteiger partial charge in [0.1, 0.15) is 0 Å². The van der Waals surface area contributed by atoms with E-state index in [0.29, 0.717) is 19.6 Å². The van der Waals surface area contributed by atoms with Gasteiger partial charge in [-0.3, -0.25) is 4.79 Å². The molecule has 0 saturated carbocycles. The zero-order valence-corrected chi connectivity index (χ0v) is 9.45. The highest BCUT2D eigenvalue weighted by Crippen LogP contribution is 2.10. The summed E-state index contributed by atoms with van der Waals surface area (Å²) in [6.45, 7) is 4.54. The molecule has 1 N–H and O–H groups in total. The lowest BCUT2D eigenvalue weighted by molar-refractivity contribution is -0.135. The summed E-state index contributed by atoms with van der Waals surface area (Å²) in [5.41, 5.74) is 0. The van der Waals surface area contributed by atoms with Gasteiger partial charge in [-0.15, -0.1) is 0 Å². The zero-order chi connectivity index (χ0) is 11.1. The van der Waals surface area contributed by atoms with Crippen LogP contribution in [-0.2, 0) is 9.53 Å². The molecule has 0 spiro atoms. The molecule has 0 aromatic carbocycles. The molecule has 1 atom stereocenters. The number of likely N-dealkylation sites (tertiary alicyclic amines) is 1. The summed E-state index contributed by atoms with van der Waals surface area (Å²) in [6.07, 6.45) is 2.81. The van der Waals surface area contributed by atoms with Crippen molar-refractivity contribution in [2.45, 2.75) is 38.7 Å². The van der Waals surface area contributed by atoms with Gasteiger partial charge >= 0.3 is 0 Å². The minimum atomic E-state index is -0.334. The first kappa shape index (κ1) is 12.5. The molecule has 1 saturated heterocycles. The Morgan fingerprint density at radius 1 is 1.53 bits per heavy atom. The Balaban J connectivity index is 2.15. The van der Waals surface area contributed by atoms with Crippen LogP contribution in [0, 0.1) is 0 Å². The first-order chi connectivity index (χ1) is 7.24. The monoisotopic (exact) mass is 215 g/mol. The minimum Gasteiger partial charge on any atom is -0.391 e. The van der Waals surface area contributed by atoms with Gasteiger partial charge in [0.15, 0.2) is 0 Å². The number of rotatable bonds is 5. The third-order valence-electron chi connectivity index (χ3n) is 2.56. The molecule has 4 nitrogen and oxygen atoms in total. The van der Waals surface area contributed by atoms with E-state index in [4.69, 9.17) is 4.74 Å². The quantitative estimate of drug-likeness (QED) is 0.690. The van der Waals surface area contributed by atoms with E-state index in [0.717, 1.165) is 32.4 Å². The first-order valence-electron chi connectivity index (χ1n) is 5.77. The van der Waals surface area contributed by atoms with Crippen LogP contribution >= 0.6 is 0 Å². The van der Waals surface area contributed by atoms with Crippen molar-refractivity contribution < 1.29 is 14.6 Å². The average molecular weight is 215 g/mol. The fourth-order valence-electron chi connectivity index (χ4n) is 1.75. The second-order valence-electron chi connectivity index (χ2n) is 4.00. The second-order valence-corrected chi connectivity index (χ2v) is 4.00. The van der Waals surface area contributed by atoms with Gasteiger partial charge in [0, 0.05) is 19.7 Å². The SMILES string of the molecule is CCCOCCC(=O)N1CCC[C@H](O)C1. The summed E-state index contributed by atoms with van der Waals surface area (Å²) in [5.74, 6) is 0.102. The van der Waals surface area contributed by atoms with Crippen LogP contribution in [0.15, 0.2) is 0 Å². The molecule has 0 aliphatic carbocycles. The summed E-state index contributed by atoms with van der Waals surface area (Å²) < 4.78 is 5.26. The fraction of sp³-hybridized carbons (Fsp3) is 0.909. The maximum atomic E-state index is 11.6. The van der Waals surface area contributed by atoms with E-state index in [1.165, 1.54) is 0 Å². The van der Waals surface area contributed by atoms with E-state index in [9.17, 15) is 9.90 Å². The van der Waals surface area contributed by atoms with Gasteiger partial charge < -0.3 is 14.7 Å². The summed E-state index contributed by atoms with van der Waals surface area (Å²) in [4.78, 5) is 13.4. The highest BCUT2D eigenvalue weighted by molar-refractivity contribution is 5.76. The van der Waals surface area contributed by atoms with Crippen molar-refractivity contribution in [2.24, 2.45) is 0 Å². The molecule has 88 valence electrons. The van der Waals surface area contributed by atoms with Crippen LogP contribution in [0.4, 0.5) is 0 Å². The normalized spacial score (nSPS) is 21.7. The van der Waals surface area contributed by atoms with Crippen LogP contribution in [0.25, 0.3) is 0 Å². The van der Waals surface area contributed by atoms with E-state index in [-0.39, 0.29) is 12.0 Å². The molecule has 0 bridgehead atoms. The number of aliphatic hydroxyl groups excluding tert-OH is 1. The highest BCUT2D eigenvalue weighted by Gasteiger charge is 2.21. The molecule has 1 aliphatic heterocycles. The molecule has 15 heavy (non-hydrogen) atoms. The van der Waals surface area contributed by atoms with Crippen molar-refractivity contribution in [3.63, 3.8) is 0 Å². The predicted octanol–water partition coefficient (Wildman–Crippen LogP) is 0.786. The standard InChI is InChI=1S/C11H21NO3/c1-2-7-15-8-5-11(14)12-6-3-4-10(13)9-12/h10,13H,2-9H2,1H3/t10-/m0/s1. The molecule has 4 heteroatoms. The molecular weight excluding hydrogens is 194 g/mol. The number of hydrogen-bond donors (Lipinski definition) is 1. The van der Waals surface area contributed by atoms with Gasteiger partial charge in [0.05, 0.1) is 19.1 Å². The van der Waals surface area contributed by atoms with Gasteiger partial charge in [-0.25, -0.2) is 0 Å². The lowest BCUT2D eigenvalue weighted by atomic mass is 10.1. The maximum absolute atomic E-state index is 11.6. The molecule has 1 aliphatic rings. The number of amides is 1. The molecule has 0 aromatic rings. The van der Waals surface area contributed by atoms with Crippen molar-refractivity contribution in [1.29, 1.82) is 0 Å². The number of carbonyl (C=O) groups is 1. The van der Waals surface area contributed by atoms with Crippen molar-refractivity contribution in [2.75, 3.05) is 26.3 Å². The zero-order valence-electron chi connectivity index (χ0n) is 9.45. The van der Waals surface area contributed by atoms with E-state index < -0.39 is 0 Å². The van der Waals surface area contributed by atoms with Gasteiger partial charge in [-0.05, 0) is 19.3 Å². The molecule has 0 radical (unpaired) electrons. The molecule has 1 fully saturated rings. The lowest BCUT2D eigenvalue weighted by Gasteiger charge is -2.30. The summed E-state index contributed by atoms with van der Waals surface area (Å²) in [6, 6.07) is 0. The van der Waals surface area contributed by atoms with Crippen LogP contribution in [0.2, 0.25) is 0 Å². The number of carbonyl (C=O) groups excluding carboxylic acids is 1. The highest BCUT2D eigenvalue weighted by atomic mass is 16.5. The van der Waals surface area contributed by atoms with Crippen molar-refractivity contribution in [3.05, 3.63) is 0 Å². The first-order valence-corrected chi connectivity index (χ1v) is 5.77. The molecule has 1 heterocycles. The van der Waals surface area contributed by atoms with Crippen LogP contribution < -0.4 is 0 Å². The van der Waals surface area contributed by atoms with Crippen molar-refractivity contribution in [3.8, 4) is 0 Å². The van der Waals surface area contributed by atoms with Gasteiger partial charge in [0.25, 0.3) is 0 Å². The van der Waals surface area contributed by atoms with E-state index in [1.807, 2.05) is 6.92 Å². The van der Waals surface area contributed by atoms with E-state index >= 15 is 0 Å². The number of hydrogen-bond acceptors (Lipinski definition) is 3. The number of nitrogens with zero attached hydrogens (tertiary/aromatic N) is 1. The van der Waals surface area contributed by atoms with Crippen LogP contribution in [0.1, 0.15) is 32.6 Å². The Morgan fingerprint density at radius 3 is 3.00 bits per heavy atom. The summed E-state index contributed by atoms with van der Waals surface area (Å²) in [5, 5.41) is 9.41. The van der Waals surface area contributed by atoms with Gasteiger partial charge in [-0.2, -0.15) is 0 Å². The second kappa shape index (κ2) is 6.80. The van der Waals surface area contributed by atoms with E-state index in [2.05, 4.69) is 0 Å².